The normalized spacial score (nSPS) is 17.6. The van der Waals surface area contributed by atoms with Crippen LogP contribution in [0.1, 0.15) is 56.0 Å². The molecule has 1 amide bonds. The Hall–Kier alpha value is -3.93. The molecule has 1 aromatic heterocycles. The van der Waals surface area contributed by atoms with Crippen LogP contribution in [0.25, 0.3) is 5.76 Å². The van der Waals surface area contributed by atoms with Gasteiger partial charge in [-0.2, -0.15) is 0 Å². The third-order valence-electron chi connectivity index (χ3n) is 6.23. The van der Waals surface area contributed by atoms with Crippen molar-refractivity contribution in [2.24, 2.45) is 0 Å². The summed E-state index contributed by atoms with van der Waals surface area (Å²) in [6.07, 6.45) is 3.24. The quantitative estimate of drug-likeness (QED) is 0.293. The zero-order valence-corrected chi connectivity index (χ0v) is 20.7. The molecule has 0 saturated carbocycles. The molecule has 1 unspecified atom stereocenters. The van der Waals surface area contributed by atoms with Crippen LogP contribution >= 0.6 is 0 Å². The molecule has 0 radical (unpaired) electrons. The minimum absolute atomic E-state index is 0.0473. The summed E-state index contributed by atoms with van der Waals surface area (Å²) in [4.78, 5) is 32.4. The van der Waals surface area contributed by atoms with E-state index in [1.807, 2.05) is 32.0 Å². The van der Waals surface area contributed by atoms with E-state index in [1.54, 1.807) is 48.8 Å². The molecular weight excluding hydrogens is 440 g/mol. The topological polar surface area (TPSA) is 79.7 Å². The Labute approximate surface area is 205 Å². The number of aliphatic hydroxyl groups excluding tert-OH is 1. The van der Waals surface area contributed by atoms with Gasteiger partial charge in [0.05, 0.1) is 18.2 Å². The predicted octanol–water partition coefficient (Wildman–Crippen LogP) is 5.71. The van der Waals surface area contributed by atoms with Crippen LogP contribution in [0.4, 0.5) is 5.69 Å². The molecule has 1 N–H and O–H groups in total. The highest BCUT2D eigenvalue weighted by molar-refractivity contribution is 6.51. The summed E-state index contributed by atoms with van der Waals surface area (Å²) in [5.41, 5.74) is 3.42. The maximum Gasteiger partial charge on any atom is 0.300 e. The molecule has 180 valence electrons. The van der Waals surface area contributed by atoms with E-state index in [-0.39, 0.29) is 16.7 Å². The van der Waals surface area contributed by atoms with Gasteiger partial charge in [0.2, 0.25) is 0 Å². The number of carbonyl (C=O) groups is 2. The molecule has 0 aliphatic carbocycles. The van der Waals surface area contributed by atoms with Gasteiger partial charge in [-0.1, -0.05) is 39.0 Å². The summed E-state index contributed by atoms with van der Waals surface area (Å²) in [7, 11) is 0. The van der Waals surface area contributed by atoms with Crippen molar-refractivity contribution in [3.8, 4) is 5.75 Å². The summed E-state index contributed by atoms with van der Waals surface area (Å²) in [6.45, 7) is 10.5. The van der Waals surface area contributed by atoms with Crippen LogP contribution in [0, 0.1) is 6.92 Å². The van der Waals surface area contributed by atoms with Crippen molar-refractivity contribution in [3.63, 3.8) is 0 Å². The van der Waals surface area contributed by atoms with E-state index in [0.29, 0.717) is 29.2 Å². The van der Waals surface area contributed by atoms with Crippen LogP contribution in [0.3, 0.4) is 0 Å². The molecule has 35 heavy (non-hydrogen) atoms. The number of nitrogens with zero attached hydrogens (tertiary/aromatic N) is 2. The molecule has 1 saturated heterocycles. The van der Waals surface area contributed by atoms with E-state index in [0.717, 1.165) is 11.1 Å². The van der Waals surface area contributed by atoms with Gasteiger partial charge in [-0.15, -0.1) is 0 Å². The van der Waals surface area contributed by atoms with Gasteiger partial charge >= 0.3 is 0 Å². The van der Waals surface area contributed by atoms with Crippen LogP contribution in [0.2, 0.25) is 0 Å². The molecule has 1 aliphatic rings. The molecule has 0 bridgehead atoms. The number of ether oxygens (including phenoxy) is 1. The fourth-order valence-corrected chi connectivity index (χ4v) is 4.31. The minimum Gasteiger partial charge on any atom is -0.507 e. The third-order valence-corrected chi connectivity index (χ3v) is 6.23. The number of aromatic nitrogens is 1. The first-order chi connectivity index (χ1) is 16.6. The molecule has 2 aromatic carbocycles. The van der Waals surface area contributed by atoms with E-state index in [2.05, 4.69) is 25.8 Å². The lowest BCUT2D eigenvalue weighted by molar-refractivity contribution is -0.132. The molecule has 1 aliphatic heterocycles. The number of hydrogen-bond acceptors (Lipinski definition) is 5. The van der Waals surface area contributed by atoms with Crippen molar-refractivity contribution in [1.29, 1.82) is 0 Å². The molecule has 1 fully saturated rings. The average Bonchev–Trinajstić information content (AvgIpc) is 3.10. The van der Waals surface area contributed by atoms with Crippen molar-refractivity contribution >= 4 is 23.1 Å². The SMILES string of the molecule is CCOc1ccc(N2C(=O)C(=O)/C(=C(/O)c3cc(C(C)(C)C)ccc3C)C2c2cccnc2)cc1. The summed E-state index contributed by atoms with van der Waals surface area (Å²) in [6, 6.07) is 15.6. The number of ketones is 1. The van der Waals surface area contributed by atoms with Crippen LogP contribution in [0.5, 0.6) is 5.75 Å². The number of Topliss-reactive ketones (excluding diaryl/α,β-unsaturated/α-hetero) is 1. The fraction of sp³-hybridized carbons (Fsp3) is 0.276. The Bertz CT molecular complexity index is 1290. The summed E-state index contributed by atoms with van der Waals surface area (Å²) in [5.74, 6) is -0.949. The molecule has 6 nitrogen and oxygen atoms in total. The lowest BCUT2D eigenvalue weighted by Gasteiger charge is -2.26. The van der Waals surface area contributed by atoms with Gasteiger partial charge < -0.3 is 9.84 Å². The molecule has 6 heteroatoms. The Balaban J connectivity index is 1.92. The second-order valence-electron chi connectivity index (χ2n) is 9.66. The van der Waals surface area contributed by atoms with Crippen molar-refractivity contribution in [1.82, 2.24) is 4.98 Å². The van der Waals surface area contributed by atoms with E-state index >= 15 is 0 Å². The van der Waals surface area contributed by atoms with Crippen LogP contribution < -0.4 is 9.64 Å². The van der Waals surface area contributed by atoms with Crippen molar-refractivity contribution in [2.45, 2.75) is 46.1 Å². The Morgan fingerprint density at radius 3 is 2.40 bits per heavy atom. The third kappa shape index (κ3) is 4.56. The molecule has 1 atom stereocenters. The highest BCUT2D eigenvalue weighted by Crippen LogP contribution is 2.43. The number of benzene rings is 2. The monoisotopic (exact) mass is 470 g/mol. The number of amides is 1. The van der Waals surface area contributed by atoms with Crippen molar-refractivity contribution in [2.75, 3.05) is 11.5 Å². The fourth-order valence-electron chi connectivity index (χ4n) is 4.31. The molecule has 0 spiro atoms. The first-order valence-corrected chi connectivity index (χ1v) is 11.7. The van der Waals surface area contributed by atoms with Gasteiger partial charge in [0.1, 0.15) is 11.5 Å². The number of aryl methyl sites for hydroxylation is 1. The van der Waals surface area contributed by atoms with E-state index in [1.165, 1.54) is 4.90 Å². The van der Waals surface area contributed by atoms with Crippen molar-refractivity contribution < 1.29 is 19.4 Å². The number of carbonyl (C=O) groups excluding carboxylic acids is 2. The Morgan fingerprint density at radius 2 is 1.80 bits per heavy atom. The lowest BCUT2D eigenvalue weighted by atomic mass is 9.84. The van der Waals surface area contributed by atoms with Gasteiger partial charge in [-0.3, -0.25) is 19.5 Å². The van der Waals surface area contributed by atoms with Gasteiger partial charge in [0, 0.05) is 23.6 Å². The second kappa shape index (κ2) is 9.37. The lowest BCUT2D eigenvalue weighted by Crippen LogP contribution is -2.29. The molecule has 4 rings (SSSR count). The Morgan fingerprint density at radius 1 is 1.09 bits per heavy atom. The van der Waals surface area contributed by atoms with Crippen molar-refractivity contribution in [3.05, 3.63) is 94.8 Å². The van der Waals surface area contributed by atoms with Crippen LogP contribution in [-0.2, 0) is 15.0 Å². The average molecular weight is 471 g/mol. The van der Waals surface area contributed by atoms with Gasteiger partial charge in [0.25, 0.3) is 11.7 Å². The number of aliphatic hydroxyl groups is 1. The number of pyridine rings is 1. The largest absolute Gasteiger partial charge is 0.507 e. The maximum absolute atomic E-state index is 13.4. The zero-order valence-electron chi connectivity index (χ0n) is 20.7. The Kier molecular flexibility index (Phi) is 6.48. The van der Waals surface area contributed by atoms with Gasteiger partial charge in [-0.05, 0) is 72.4 Å². The van der Waals surface area contributed by atoms with Crippen LogP contribution in [-0.4, -0.2) is 28.4 Å². The standard InChI is InChI=1S/C29H30N2O4/c1-6-35-22-13-11-21(12-14-22)31-25(19-8-7-15-30-17-19)24(27(33)28(31)34)26(32)23-16-20(29(3,4)5)10-9-18(23)2/h7-17,25,32H,6H2,1-5H3/b26-24+. The zero-order chi connectivity index (χ0) is 25.3. The first kappa shape index (κ1) is 24.2. The highest BCUT2D eigenvalue weighted by Gasteiger charge is 2.47. The maximum atomic E-state index is 13.4. The van der Waals surface area contributed by atoms with E-state index in [4.69, 9.17) is 4.74 Å². The summed E-state index contributed by atoms with van der Waals surface area (Å²) < 4.78 is 5.52. The number of rotatable bonds is 5. The minimum atomic E-state index is -0.820. The number of hydrogen-bond donors (Lipinski definition) is 1. The highest BCUT2D eigenvalue weighted by atomic mass is 16.5. The molecule has 3 aromatic rings. The van der Waals surface area contributed by atoms with E-state index < -0.39 is 17.7 Å². The summed E-state index contributed by atoms with van der Waals surface area (Å²) in [5, 5.41) is 11.5. The first-order valence-electron chi connectivity index (χ1n) is 11.7. The number of anilines is 1. The predicted molar refractivity (Wildman–Crippen MR) is 137 cm³/mol. The van der Waals surface area contributed by atoms with Crippen LogP contribution in [0.15, 0.2) is 72.6 Å². The molecular formula is C29H30N2O4. The van der Waals surface area contributed by atoms with Gasteiger partial charge in [0.15, 0.2) is 0 Å². The van der Waals surface area contributed by atoms with Gasteiger partial charge in [-0.25, -0.2) is 0 Å². The second-order valence-corrected chi connectivity index (χ2v) is 9.66. The molecule has 2 heterocycles. The summed E-state index contributed by atoms with van der Waals surface area (Å²) >= 11 is 0. The van der Waals surface area contributed by atoms with E-state index in [9.17, 15) is 14.7 Å². The smallest absolute Gasteiger partial charge is 0.300 e.